The third-order valence-electron chi connectivity index (χ3n) is 2.65. The van der Waals surface area contributed by atoms with Gasteiger partial charge < -0.3 is 5.73 Å². The van der Waals surface area contributed by atoms with Crippen molar-refractivity contribution in [3.8, 4) is 5.69 Å². The van der Waals surface area contributed by atoms with Crippen molar-refractivity contribution in [1.29, 1.82) is 0 Å². The van der Waals surface area contributed by atoms with Crippen molar-refractivity contribution in [1.82, 2.24) is 15.0 Å². The molecule has 2 rings (SSSR count). The zero-order chi connectivity index (χ0) is 14.0. The smallest absolute Gasteiger partial charge is 0.296 e. The van der Waals surface area contributed by atoms with E-state index in [9.17, 15) is 10.1 Å². The summed E-state index contributed by atoms with van der Waals surface area (Å²) in [7, 11) is 0. The molecular weight excluding hydrogens is 270 g/mol. The zero-order valence-corrected chi connectivity index (χ0v) is 11.0. The summed E-state index contributed by atoms with van der Waals surface area (Å²) in [6.45, 7) is 1.97. The molecule has 19 heavy (non-hydrogen) atoms. The topological polar surface area (TPSA) is 99.9 Å². The molecule has 2 aromatic rings. The van der Waals surface area contributed by atoms with Crippen LogP contribution in [0.5, 0.6) is 0 Å². The fraction of sp³-hybridized carbons (Fsp3) is 0.273. The predicted molar refractivity (Wildman–Crippen MR) is 71.4 cm³/mol. The molecule has 8 heteroatoms. The van der Waals surface area contributed by atoms with Gasteiger partial charge in [-0.05, 0) is 12.5 Å². The van der Waals surface area contributed by atoms with Gasteiger partial charge in [-0.3, -0.25) is 10.1 Å². The van der Waals surface area contributed by atoms with Crippen molar-refractivity contribution < 1.29 is 4.92 Å². The Hall–Kier alpha value is -2.15. The van der Waals surface area contributed by atoms with Crippen molar-refractivity contribution in [3.63, 3.8) is 0 Å². The molecule has 2 N–H and O–H groups in total. The molecule has 0 aliphatic heterocycles. The number of anilines is 1. The monoisotopic (exact) mass is 281 g/mol. The van der Waals surface area contributed by atoms with E-state index < -0.39 is 4.92 Å². The molecular formula is C11H12ClN5O2. The molecule has 0 aliphatic rings. The summed E-state index contributed by atoms with van der Waals surface area (Å²) >= 11 is 6.06. The summed E-state index contributed by atoms with van der Waals surface area (Å²) < 4.78 is 1.35. The van der Waals surface area contributed by atoms with E-state index in [1.165, 1.54) is 16.8 Å². The van der Waals surface area contributed by atoms with Gasteiger partial charge in [-0.2, -0.15) is 0 Å². The highest BCUT2D eigenvalue weighted by Crippen LogP contribution is 2.31. The van der Waals surface area contributed by atoms with E-state index in [-0.39, 0.29) is 22.2 Å². The van der Waals surface area contributed by atoms with E-state index in [0.717, 1.165) is 6.42 Å². The molecule has 0 saturated carbocycles. The molecule has 0 atom stereocenters. The SMILES string of the molecule is CCCc1c(N)nnn1-c1c(Cl)cccc1[N+](=O)[O-]. The molecule has 100 valence electrons. The van der Waals surface area contributed by atoms with Crippen LogP contribution in [0.15, 0.2) is 18.2 Å². The number of nitrogen functional groups attached to an aromatic ring is 1. The highest BCUT2D eigenvalue weighted by atomic mass is 35.5. The number of hydrogen-bond acceptors (Lipinski definition) is 5. The molecule has 1 aromatic heterocycles. The van der Waals surface area contributed by atoms with Gasteiger partial charge >= 0.3 is 0 Å². The lowest BCUT2D eigenvalue weighted by atomic mass is 10.2. The van der Waals surface area contributed by atoms with Gasteiger partial charge in [0.25, 0.3) is 5.69 Å². The fourth-order valence-electron chi connectivity index (χ4n) is 1.82. The molecule has 0 radical (unpaired) electrons. The average Bonchev–Trinajstić information content (AvgIpc) is 2.71. The number of rotatable bonds is 4. The number of halogens is 1. The highest BCUT2D eigenvalue weighted by molar-refractivity contribution is 6.32. The minimum atomic E-state index is -0.505. The maximum Gasteiger partial charge on any atom is 0.296 e. The van der Waals surface area contributed by atoms with Crippen molar-refractivity contribution >= 4 is 23.1 Å². The number of benzene rings is 1. The number of nitrogens with zero attached hydrogens (tertiary/aromatic N) is 4. The second kappa shape index (κ2) is 5.23. The molecule has 0 saturated heterocycles. The van der Waals surface area contributed by atoms with Crippen molar-refractivity contribution in [2.45, 2.75) is 19.8 Å². The van der Waals surface area contributed by atoms with Crippen LogP contribution in [0.25, 0.3) is 5.69 Å². The minimum Gasteiger partial charge on any atom is -0.381 e. The number of nitro benzene ring substituents is 1. The van der Waals surface area contributed by atoms with E-state index in [4.69, 9.17) is 17.3 Å². The molecule has 0 amide bonds. The predicted octanol–water partition coefficient (Wildman–Crippen LogP) is 2.36. The first-order chi connectivity index (χ1) is 9.06. The second-order valence-corrected chi connectivity index (χ2v) is 4.36. The van der Waals surface area contributed by atoms with Crippen molar-refractivity contribution in [2.75, 3.05) is 5.73 Å². The Balaban J connectivity index is 2.68. The summed E-state index contributed by atoms with van der Waals surface area (Å²) in [5, 5.41) is 18.9. The summed E-state index contributed by atoms with van der Waals surface area (Å²) in [6, 6.07) is 4.45. The molecule has 0 bridgehead atoms. The van der Waals surface area contributed by atoms with Crippen LogP contribution in [0.4, 0.5) is 11.5 Å². The quantitative estimate of drug-likeness (QED) is 0.685. The lowest BCUT2D eigenvalue weighted by Gasteiger charge is -2.08. The molecule has 0 aliphatic carbocycles. The van der Waals surface area contributed by atoms with Gasteiger partial charge in [0.15, 0.2) is 11.5 Å². The van der Waals surface area contributed by atoms with Gasteiger partial charge in [-0.1, -0.05) is 36.2 Å². The molecule has 0 fully saturated rings. The van der Waals surface area contributed by atoms with Gasteiger partial charge in [-0.15, -0.1) is 5.10 Å². The fourth-order valence-corrected chi connectivity index (χ4v) is 2.07. The van der Waals surface area contributed by atoms with Crippen LogP contribution in [-0.2, 0) is 6.42 Å². The Labute approximate surface area is 114 Å². The largest absolute Gasteiger partial charge is 0.381 e. The van der Waals surface area contributed by atoms with E-state index in [2.05, 4.69) is 10.3 Å². The van der Waals surface area contributed by atoms with E-state index in [1.54, 1.807) is 6.07 Å². The van der Waals surface area contributed by atoms with Crippen LogP contribution in [0, 0.1) is 10.1 Å². The average molecular weight is 282 g/mol. The summed E-state index contributed by atoms with van der Waals surface area (Å²) in [5.74, 6) is 0.260. The van der Waals surface area contributed by atoms with Crippen LogP contribution < -0.4 is 5.73 Å². The number of nitro groups is 1. The van der Waals surface area contributed by atoms with Crippen LogP contribution in [0.2, 0.25) is 5.02 Å². The molecule has 0 spiro atoms. The van der Waals surface area contributed by atoms with Gasteiger partial charge in [0.1, 0.15) is 0 Å². The third kappa shape index (κ3) is 2.37. The van der Waals surface area contributed by atoms with Crippen molar-refractivity contribution in [3.05, 3.63) is 39.0 Å². The summed E-state index contributed by atoms with van der Waals surface area (Å²) in [4.78, 5) is 10.6. The Morgan fingerprint density at radius 2 is 2.26 bits per heavy atom. The number of hydrogen-bond donors (Lipinski definition) is 1. The molecule has 1 aromatic carbocycles. The second-order valence-electron chi connectivity index (χ2n) is 3.95. The Morgan fingerprint density at radius 3 is 2.89 bits per heavy atom. The van der Waals surface area contributed by atoms with Crippen LogP contribution >= 0.6 is 11.6 Å². The summed E-state index contributed by atoms with van der Waals surface area (Å²) in [6.07, 6.45) is 1.43. The minimum absolute atomic E-state index is 0.130. The van der Waals surface area contributed by atoms with Crippen molar-refractivity contribution in [2.24, 2.45) is 0 Å². The number of para-hydroxylation sites is 1. The van der Waals surface area contributed by atoms with E-state index >= 15 is 0 Å². The lowest BCUT2D eigenvalue weighted by Crippen LogP contribution is -2.07. The van der Waals surface area contributed by atoms with Crippen LogP contribution in [0.1, 0.15) is 19.0 Å². The Bertz CT molecular complexity index is 626. The van der Waals surface area contributed by atoms with Gasteiger partial charge in [0.2, 0.25) is 0 Å². The Kier molecular flexibility index (Phi) is 3.66. The maximum atomic E-state index is 11.1. The van der Waals surface area contributed by atoms with E-state index in [0.29, 0.717) is 12.1 Å². The molecule has 0 unspecified atom stereocenters. The molecule has 7 nitrogen and oxygen atoms in total. The number of nitrogens with two attached hydrogens (primary N) is 1. The highest BCUT2D eigenvalue weighted by Gasteiger charge is 2.22. The van der Waals surface area contributed by atoms with Gasteiger partial charge in [-0.25, -0.2) is 4.68 Å². The summed E-state index contributed by atoms with van der Waals surface area (Å²) in [5.41, 5.74) is 6.42. The first kappa shape index (κ1) is 13.3. The zero-order valence-electron chi connectivity index (χ0n) is 10.2. The number of aromatic nitrogens is 3. The lowest BCUT2D eigenvalue weighted by molar-refractivity contribution is -0.384. The van der Waals surface area contributed by atoms with Crippen LogP contribution in [0.3, 0.4) is 0 Å². The normalized spacial score (nSPS) is 10.6. The third-order valence-corrected chi connectivity index (χ3v) is 2.96. The standard InChI is InChI=1S/C11H12ClN5O2/c1-2-4-9-11(13)14-15-16(9)10-7(12)5-3-6-8(10)17(18)19/h3,5-6H,2,4,13H2,1H3. The first-order valence-electron chi connectivity index (χ1n) is 5.69. The van der Waals surface area contributed by atoms with E-state index in [1.807, 2.05) is 6.92 Å². The van der Waals surface area contributed by atoms with Gasteiger partial charge in [0, 0.05) is 6.07 Å². The first-order valence-corrected chi connectivity index (χ1v) is 6.07. The Morgan fingerprint density at radius 1 is 1.53 bits per heavy atom. The maximum absolute atomic E-state index is 11.1. The van der Waals surface area contributed by atoms with Crippen LogP contribution in [-0.4, -0.2) is 19.9 Å². The van der Waals surface area contributed by atoms with Gasteiger partial charge in [0.05, 0.1) is 15.6 Å². The molecule has 1 heterocycles.